The van der Waals surface area contributed by atoms with Crippen LogP contribution in [0.3, 0.4) is 0 Å². The summed E-state index contributed by atoms with van der Waals surface area (Å²) < 4.78 is 29.5. The van der Waals surface area contributed by atoms with Gasteiger partial charge in [0.15, 0.2) is 9.84 Å². The van der Waals surface area contributed by atoms with E-state index in [1.165, 1.54) is 6.26 Å². The number of halogens is 2. The van der Waals surface area contributed by atoms with Crippen LogP contribution in [0, 0.1) is 0 Å². The Balaban J connectivity index is 2.46. The first-order chi connectivity index (χ1) is 9.32. The standard InChI is InChI=1S/C13H17Cl2NO3S/c1-20(17,18)9-13(4-5-16-6-7-19-13)10-2-3-11(14)12(15)8-10/h2-3,8,16H,4-7,9H2,1H3. The average Bonchev–Trinajstić information content (AvgIpc) is 2.57. The molecule has 0 aromatic heterocycles. The highest BCUT2D eigenvalue weighted by Gasteiger charge is 2.38. The summed E-state index contributed by atoms with van der Waals surface area (Å²) in [6, 6.07) is 5.15. The van der Waals surface area contributed by atoms with E-state index in [-0.39, 0.29) is 5.75 Å². The molecule has 20 heavy (non-hydrogen) atoms. The highest BCUT2D eigenvalue weighted by molar-refractivity contribution is 7.90. The molecule has 0 spiro atoms. The van der Waals surface area contributed by atoms with Gasteiger partial charge in [0.1, 0.15) is 5.60 Å². The summed E-state index contributed by atoms with van der Waals surface area (Å²) in [7, 11) is -3.20. The molecule has 0 amide bonds. The fraction of sp³-hybridized carbons (Fsp3) is 0.538. The van der Waals surface area contributed by atoms with Gasteiger partial charge in [0.05, 0.1) is 22.4 Å². The van der Waals surface area contributed by atoms with E-state index in [0.29, 0.717) is 36.2 Å². The van der Waals surface area contributed by atoms with Crippen LogP contribution >= 0.6 is 23.2 Å². The average molecular weight is 338 g/mol. The van der Waals surface area contributed by atoms with Gasteiger partial charge in [-0.25, -0.2) is 8.42 Å². The summed E-state index contributed by atoms with van der Waals surface area (Å²) in [6.07, 6.45) is 1.78. The lowest BCUT2D eigenvalue weighted by Crippen LogP contribution is -2.38. The van der Waals surface area contributed by atoms with Crippen molar-refractivity contribution in [1.29, 1.82) is 0 Å². The van der Waals surface area contributed by atoms with Crippen molar-refractivity contribution in [2.75, 3.05) is 31.7 Å². The van der Waals surface area contributed by atoms with Crippen LogP contribution < -0.4 is 5.32 Å². The molecule has 2 rings (SSSR count). The lowest BCUT2D eigenvalue weighted by atomic mass is 9.92. The van der Waals surface area contributed by atoms with Crippen LogP contribution in [0.2, 0.25) is 10.0 Å². The van der Waals surface area contributed by atoms with Gasteiger partial charge in [-0.2, -0.15) is 0 Å². The Hall–Kier alpha value is -0.330. The maximum atomic E-state index is 11.8. The molecule has 1 heterocycles. The second-order valence-corrected chi connectivity index (χ2v) is 8.00. The van der Waals surface area contributed by atoms with Gasteiger partial charge in [-0.1, -0.05) is 29.3 Å². The number of nitrogens with one attached hydrogen (secondary N) is 1. The van der Waals surface area contributed by atoms with Crippen LogP contribution in [0.4, 0.5) is 0 Å². The van der Waals surface area contributed by atoms with Gasteiger partial charge in [-0.15, -0.1) is 0 Å². The summed E-state index contributed by atoms with van der Waals surface area (Å²) in [5.41, 5.74) is -0.119. The molecule has 1 unspecified atom stereocenters. The van der Waals surface area contributed by atoms with E-state index in [1.807, 2.05) is 0 Å². The molecule has 112 valence electrons. The zero-order valence-corrected chi connectivity index (χ0v) is 13.5. The largest absolute Gasteiger partial charge is 0.368 e. The third kappa shape index (κ3) is 3.86. The number of hydrogen-bond donors (Lipinski definition) is 1. The van der Waals surface area contributed by atoms with Crippen LogP contribution in [0.5, 0.6) is 0 Å². The Labute approximate surface area is 129 Å². The van der Waals surface area contributed by atoms with Crippen molar-refractivity contribution < 1.29 is 13.2 Å². The number of sulfone groups is 1. The van der Waals surface area contributed by atoms with Crippen molar-refractivity contribution in [2.45, 2.75) is 12.0 Å². The molecule has 1 aliphatic rings. The number of ether oxygens (including phenoxy) is 1. The maximum Gasteiger partial charge on any atom is 0.150 e. The number of benzene rings is 1. The van der Waals surface area contributed by atoms with Crippen molar-refractivity contribution >= 4 is 33.0 Å². The van der Waals surface area contributed by atoms with E-state index in [1.54, 1.807) is 18.2 Å². The molecule has 1 fully saturated rings. The topological polar surface area (TPSA) is 55.4 Å². The van der Waals surface area contributed by atoms with E-state index < -0.39 is 15.4 Å². The van der Waals surface area contributed by atoms with E-state index in [9.17, 15) is 8.42 Å². The minimum atomic E-state index is -3.20. The van der Waals surface area contributed by atoms with Gasteiger partial charge in [0.2, 0.25) is 0 Å². The van der Waals surface area contributed by atoms with Crippen LogP contribution in [0.15, 0.2) is 18.2 Å². The molecule has 7 heteroatoms. The minimum absolute atomic E-state index is 0.0698. The Morgan fingerprint density at radius 1 is 1.30 bits per heavy atom. The van der Waals surface area contributed by atoms with Gasteiger partial charge in [-0.05, 0) is 30.7 Å². The Morgan fingerprint density at radius 3 is 2.70 bits per heavy atom. The summed E-state index contributed by atoms with van der Waals surface area (Å²) in [5.74, 6) is -0.0698. The fourth-order valence-corrected chi connectivity index (χ4v) is 3.97. The van der Waals surface area contributed by atoms with Crippen LogP contribution in [0.1, 0.15) is 12.0 Å². The second kappa shape index (κ2) is 6.20. The lowest BCUT2D eigenvalue weighted by Gasteiger charge is -2.32. The molecule has 1 saturated heterocycles. The molecule has 1 atom stereocenters. The smallest absolute Gasteiger partial charge is 0.150 e. The first-order valence-corrected chi connectivity index (χ1v) is 9.12. The monoisotopic (exact) mass is 337 g/mol. The molecule has 0 saturated carbocycles. The third-order valence-corrected chi connectivity index (χ3v) is 5.03. The summed E-state index contributed by atoms with van der Waals surface area (Å²) in [5, 5.41) is 4.05. The molecule has 1 N–H and O–H groups in total. The minimum Gasteiger partial charge on any atom is -0.368 e. The Kier molecular flexibility index (Phi) is 4.97. The van der Waals surface area contributed by atoms with E-state index >= 15 is 0 Å². The molecule has 0 aliphatic carbocycles. The highest BCUT2D eigenvalue weighted by atomic mass is 35.5. The quantitative estimate of drug-likeness (QED) is 0.918. The molecule has 1 aromatic rings. The molecule has 0 bridgehead atoms. The third-order valence-electron chi connectivity index (χ3n) is 3.30. The first-order valence-electron chi connectivity index (χ1n) is 6.30. The first kappa shape index (κ1) is 16.0. The van der Waals surface area contributed by atoms with Gasteiger partial charge in [-0.3, -0.25) is 0 Å². The predicted molar refractivity (Wildman–Crippen MR) is 81.3 cm³/mol. The van der Waals surface area contributed by atoms with E-state index in [4.69, 9.17) is 27.9 Å². The SMILES string of the molecule is CS(=O)(=O)CC1(c2ccc(Cl)c(Cl)c2)CCNCCO1. The van der Waals surface area contributed by atoms with Gasteiger partial charge >= 0.3 is 0 Å². The highest BCUT2D eigenvalue weighted by Crippen LogP contribution is 2.35. The molecule has 1 aromatic carbocycles. The Bertz CT molecular complexity index is 581. The lowest BCUT2D eigenvalue weighted by molar-refractivity contribution is -0.0247. The van der Waals surface area contributed by atoms with Gasteiger partial charge in [0, 0.05) is 12.8 Å². The fourth-order valence-electron chi connectivity index (χ4n) is 2.43. The van der Waals surface area contributed by atoms with Crippen molar-refractivity contribution in [3.8, 4) is 0 Å². The molecule has 0 radical (unpaired) electrons. The zero-order valence-electron chi connectivity index (χ0n) is 11.2. The predicted octanol–water partition coefficient (Wildman–Crippen LogP) is 2.24. The molecular formula is C13H17Cl2NO3S. The summed E-state index contributed by atoms with van der Waals surface area (Å²) >= 11 is 12.0. The molecular weight excluding hydrogens is 321 g/mol. The molecule has 1 aliphatic heterocycles. The Morgan fingerprint density at radius 2 is 2.05 bits per heavy atom. The zero-order chi connectivity index (χ0) is 14.8. The van der Waals surface area contributed by atoms with Crippen LogP contribution in [-0.4, -0.2) is 40.1 Å². The van der Waals surface area contributed by atoms with Crippen LogP contribution in [0.25, 0.3) is 0 Å². The van der Waals surface area contributed by atoms with E-state index in [0.717, 1.165) is 5.56 Å². The van der Waals surface area contributed by atoms with Gasteiger partial charge in [0.25, 0.3) is 0 Å². The normalized spacial score (nSPS) is 24.4. The summed E-state index contributed by atoms with van der Waals surface area (Å²) in [4.78, 5) is 0. The number of hydrogen-bond acceptors (Lipinski definition) is 4. The van der Waals surface area contributed by atoms with Gasteiger partial charge < -0.3 is 10.1 Å². The van der Waals surface area contributed by atoms with E-state index in [2.05, 4.69) is 5.32 Å². The maximum absolute atomic E-state index is 11.8. The van der Waals surface area contributed by atoms with Crippen molar-refractivity contribution in [1.82, 2.24) is 5.32 Å². The summed E-state index contributed by atoms with van der Waals surface area (Å²) in [6.45, 7) is 1.85. The van der Waals surface area contributed by atoms with Crippen molar-refractivity contribution in [2.24, 2.45) is 0 Å². The van der Waals surface area contributed by atoms with Crippen LogP contribution in [-0.2, 0) is 20.2 Å². The number of rotatable bonds is 3. The second-order valence-electron chi connectivity index (χ2n) is 5.04. The van der Waals surface area contributed by atoms with Crippen molar-refractivity contribution in [3.05, 3.63) is 33.8 Å². The van der Waals surface area contributed by atoms with Crippen molar-refractivity contribution in [3.63, 3.8) is 0 Å². The molecule has 4 nitrogen and oxygen atoms in total.